The molecule has 1 fully saturated rings. The van der Waals surface area contributed by atoms with Gasteiger partial charge in [0, 0.05) is 21.7 Å². The Labute approximate surface area is 307 Å². The third-order valence-corrected chi connectivity index (χ3v) is 8.01. The molecule has 1 aliphatic heterocycles. The molecule has 0 saturated carbocycles. The fourth-order valence-corrected chi connectivity index (χ4v) is 5.16. The van der Waals surface area contributed by atoms with Crippen molar-refractivity contribution in [2.24, 2.45) is 5.18 Å². The maximum absolute atomic E-state index is 11.9. The normalized spacial score (nSPS) is 16.8. The quantitative estimate of drug-likeness (QED) is 0.0919. The zero-order valence-electron chi connectivity index (χ0n) is 27.9. The van der Waals surface area contributed by atoms with E-state index < -0.39 is 17.8 Å². The Morgan fingerprint density at radius 2 is 1.29 bits per heavy atom. The van der Waals surface area contributed by atoms with Crippen molar-refractivity contribution in [2.75, 3.05) is 13.2 Å². The summed E-state index contributed by atoms with van der Waals surface area (Å²) >= 11 is 3.23. The lowest BCUT2D eigenvalue weighted by Gasteiger charge is -2.37. The smallest absolute Gasteiger partial charge is 0.374 e. The zero-order chi connectivity index (χ0) is 37.0. The van der Waals surface area contributed by atoms with Crippen LogP contribution in [0.25, 0.3) is 0 Å². The van der Waals surface area contributed by atoms with E-state index in [9.17, 15) is 22.6 Å². The minimum absolute atomic E-state index is 0.0389. The van der Waals surface area contributed by atoms with Crippen LogP contribution >= 0.6 is 15.9 Å². The highest BCUT2D eigenvalue weighted by molar-refractivity contribution is 9.10. The second-order valence-corrected chi connectivity index (χ2v) is 12.2. The lowest BCUT2D eigenvalue weighted by molar-refractivity contribution is -0.197. The predicted octanol–water partition coefficient (Wildman–Crippen LogP) is 10.4. The van der Waals surface area contributed by atoms with E-state index in [0.29, 0.717) is 38.7 Å². The number of pyridine rings is 1. The Morgan fingerprint density at radius 3 is 1.83 bits per heavy atom. The Balaban J connectivity index is 0.000000234. The molecule has 13 heteroatoms. The summed E-state index contributed by atoms with van der Waals surface area (Å²) in [5.41, 5.74) is 2.72. The molecule has 274 valence electrons. The monoisotopic (exact) mass is 784 g/mol. The van der Waals surface area contributed by atoms with Crippen molar-refractivity contribution in [1.82, 2.24) is 4.98 Å². The fraction of sp³-hybridized carbons (Fsp3) is 0.256. The molecule has 0 radical (unpaired) electrons. The van der Waals surface area contributed by atoms with Gasteiger partial charge >= 0.3 is 6.18 Å². The van der Waals surface area contributed by atoms with Crippen molar-refractivity contribution in [2.45, 2.75) is 50.7 Å². The number of alkyl halides is 3. The van der Waals surface area contributed by atoms with Gasteiger partial charge in [0.2, 0.25) is 0 Å². The highest BCUT2D eigenvalue weighted by Gasteiger charge is 2.36. The van der Waals surface area contributed by atoms with Gasteiger partial charge < -0.3 is 18.9 Å². The van der Waals surface area contributed by atoms with Gasteiger partial charge in [-0.2, -0.15) is 13.2 Å². The van der Waals surface area contributed by atoms with Crippen molar-refractivity contribution in [1.29, 1.82) is 0 Å². The number of halogens is 5. The van der Waals surface area contributed by atoms with Crippen LogP contribution in [0, 0.1) is 4.91 Å². The molecule has 0 bridgehead atoms. The number of hydrogen-bond acceptors (Lipinski definition) is 8. The molecule has 3 unspecified atom stereocenters. The minimum atomic E-state index is -4.57. The van der Waals surface area contributed by atoms with Gasteiger partial charge in [0.1, 0.15) is 23.6 Å². The predicted molar refractivity (Wildman–Crippen MR) is 191 cm³/mol. The van der Waals surface area contributed by atoms with Crippen LogP contribution in [0.4, 0.5) is 23.4 Å². The van der Waals surface area contributed by atoms with Gasteiger partial charge in [0.15, 0.2) is 0 Å². The van der Waals surface area contributed by atoms with E-state index in [2.05, 4.69) is 67.4 Å². The van der Waals surface area contributed by atoms with E-state index in [0.717, 1.165) is 45.8 Å². The fourth-order valence-electron chi connectivity index (χ4n) is 4.90. The number of benzene rings is 4. The molecule has 1 aliphatic rings. The highest BCUT2D eigenvalue weighted by atomic mass is 79.9. The van der Waals surface area contributed by atoms with E-state index in [1.165, 1.54) is 0 Å². The first-order valence-corrected chi connectivity index (χ1v) is 17.0. The summed E-state index contributed by atoms with van der Waals surface area (Å²) in [6, 6.07) is 40.2. The van der Waals surface area contributed by atoms with Crippen LogP contribution in [-0.2, 0) is 44.9 Å². The molecule has 3 atom stereocenters. The summed E-state index contributed by atoms with van der Waals surface area (Å²) in [7, 11) is 0. The lowest BCUT2D eigenvalue weighted by Crippen LogP contribution is -2.49. The van der Waals surface area contributed by atoms with Crippen LogP contribution in [0.3, 0.4) is 0 Å². The van der Waals surface area contributed by atoms with Crippen molar-refractivity contribution in [3.8, 4) is 5.88 Å². The van der Waals surface area contributed by atoms with Crippen LogP contribution in [0.5, 0.6) is 5.88 Å². The third kappa shape index (κ3) is 14.2. The molecule has 0 N–H and O–H groups in total. The molecule has 2 heterocycles. The molecule has 6 rings (SSSR count). The summed E-state index contributed by atoms with van der Waals surface area (Å²) in [6.07, 6.45) is -4.16. The lowest BCUT2D eigenvalue weighted by atomic mass is 10.0. The number of nitrogens with zero attached hydrogens (tertiary/aromatic N) is 2. The summed E-state index contributed by atoms with van der Waals surface area (Å²) in [6.45, 7) is 2.76. The first kappa shape index (κ1) is 40.2. The van der Waals surface area contributed by atoms with Gasteiger partial charge in [-0.25, -0.2) is 4.98 Å². The number of rotatable bonds is 12. The molecular formula is C39H37BrF4N2O6. The molecule has 5 aromatic rings. The molecular weight excluding hydrogens is 748 g/mol. The van der Waals surface area contributed by atoms with Crippen molar-refractivity contribution in [3.63, 3.8) is 0 Å². The van der Waals surface area contributed by atoms with E-state index in [1.54, 1.807) is 24.3 Å². The molecule has 4 aromatic carbocycles. The molecule has 0 amide bonds. The van der Waals surface area contributed by atoms with Gasteiger partial charge in [0.25, 0.3) is 5.88 Å². The molecule has 1 aromatic heterocycles. The maximum Gasteiger partial charge on any atom is 0.433 e. The average Bonchev–Trinajstić information content (AvgIpc) is 3.18. The van der Waals surface area contributed by atoms with Crippen LogP contribution in [-0.4, -0.2) is 36.5 Å². The van der Waals surface area contributed by atoms with Gasteiger partial charge in [-0.15, -0.1) is 4.91 Å². The number of aromatic nitrogens is 1. The van der Waals surface area contributed by atoms with E-state index in [-0.39, 0.29) is 18.3 Å². The standard InChI is InChI=1S/C27H30O4.C6H4BrNO.C6H3F4NO/c1-4-10-22(11-5-1)18-28-21-26-27(31-20-24-14-8-3-9-15-24)25(16-17-29-26)30-19-23-12-6-2-7-13-23;7-5-1-3-6(8-9)4-2-5;7-6(8,9)4-2-1-3-5(11-4)12-10/h1-15,25-27H,16-21H2;1-4H;1-3H. The first-order chi connectivity index (χ1) is 25.2. The highest BCUT2D eigenvalue weighted by Crippen LogP contribution is 2.28. The summed E-state index contributed by atoms with van der Waals surface area (Å²) < 4.78 is 72.6. The number of ether oxygens (including phenoxy) is 4. The van der Waals surface area contributed by atoms with Gasteiger partial charge in [-0.3, -0.25) is 4.94 Å². The van der Waals surface area contributed by atoms with Crippen LogP contribution < -0.4 is 4.94 Å². The zero-order valence-corrected chi connectivity index (χ0v) is 29.5. The molecule has 8 nitrogen and oxygen atoms in total. The maximum atomic E-state index is 11.9. The van der Waals surface area contributed by atoms with Crippen LogP contribution in [0.1, 0.15) is 28.8 Å². The molecule has 52 heavy (non-hydrogen) atoms. The van der Waals surface area contributed by atoms with E-state index in [1.807, 2.05) is 54.6 Å². The second kappa shape index (κ2) is 21.7. The SMILES string of the molecule is FOc1cccc(C(F)(F)F)n1.O=Nc1ccc(Br)cc1.c1ccc(COCC2OCCC(OCc3ccccc3)C2OCc2ccccc2)cc1. The second-order valence-electron chi connectivity index (χ2n) is 11.3. The van der Waals surface area contributed by atoms with E-state index >= 15 is 0 Å². The third-order valence-electron chi connectivity index (χ3n) is 7.48. The molecule has 1 saturated heterocycles. The molecule has 0 spiro atoms. The van der Waals surface area contributed by atoms with Gasteiger partial charge in [-0.05, 0) is 58.6 Å². The van der Waals surface area contributed by atoms with Gasteiger partial charge in [0.05, 0.1) is 32.5 Å². The summed E-state index contributed by atoms with van der Waals surface area (Å²) in [5.74, 6) is -0.704. The average molecular weight is 786 g/mol. The van der Waals surface area contributed by atoms with Crippen molar-refractivity contribution >= 4 is 21.6 Å². The number of hydrogen-bond donors (Lipinski definition) is 0. The largest absolute Gasteiger partial charge is 0.433 e. The Hall–Kier alpha value is -4.53. The minimum Gasteiger partial charge on any atom is -0.374 e. The van der Waals surface area contributed by atoms with Crippen molar-refractivity contribution in [3.05, 3.63) is 165 Å². The Morgan fingerprint density at radius 1 is 0.731 bits per heavy atom. The van der Waals surface area contributed by atoms with E-state index in [4.69, 9.17) is 18.9 Å². The van der Waals surface area contributed by atoms with Gasteiger partial charge in [-0.1, -0.05) is 113 Å². The first-order valence-electron chi connectivity index (χ1n) is 16.2. The van der Waals surface area contributed by atoms with Crippen LogP contribution in [0.15, 0.2) is 143 Å². The van der Waals surface area contributed by atoms with Crippen LogP contribution in [0.2, 0.25) is 0 Å². The van der Waals surface area contributed by atoms with Crippen molar-refractivity contribution < 1.29 is 41.6 Å². The summed E-state index contributed by atoms with van der Waals surface area (Å²) in [4.78, 5) is 15.7. The Bertz CT molecular complexity index is 1720. The Kier molecular flexibility index (Phi) is 16.8. The number of nitroso groups, excluding NO2 is 1. The topological polar surface area (TPSA) is 88.5 Å². The summed E-state index contributed by atoms with van der Waals surface area (Å²) in [5, 5.41) is 2.74. The molecule has 0 aliphatic carbocycles.